The smallest absolute Gasteiger partial charge is 0.179 e. The van der Waals surface area contributed by atoms with Gasteiger partial charge in [0.2, 0.25) is 0 Å². The van der Waals surface area contributed by atoms with Gasteiger partial charge in [-0.25, -0.2) is 12.8 Å². The van der Waals surface area contributed by atoms with E-state index in [1.165, 1.54) is 19.1 Å². The van der Waals surface area contributed by atoms with Crippen LogP contribution in [0.5, 0.6) is 5.75 Å². The Bertz CT molecular complexity index is 1100. The van der Waals surface area contributed by atoms with E-state index >= 15 is 0 Å². The highest BCUT2D eigenvalue weighted by Gasteiger charge is 2.33. The van der Waals surface area contributed by atoms with Crippen molar-refractivity contribution < 1.29 is 17.5 Å². The quantitative estimate of drug-likeness (QED) is 0.717. The van der Waals surface area contributed by atoms with E-state index in [-0.39, 0.29) is 22.1 Å². The molecule has 1 aromatic heterocycles. The SMILES string of the molecule is Cc1c(S(C)(=O)=O)ccc(-c2cc3c(cn2)OC(C2CCN(C#N)CC2)C3)c1F. The van der Waals surface area contributed by atoms with E-state index in [1.54, 1.807) is 11.1 Å². The number of nitrogens with zero attached hydrogens (tertiary/aromatic N) is 3. The van der Waals surface area contributed by atoms with Gasteiger partial charge in [-0.05, 0) is 43.9 Å². The minimum atomic E-state index is -3.49. The van der Waals surface area contributed by atoms with Crippen molar-refractivity contribution in [2.24, 2.45) is 5.92 Å². The molecular formula is C21H22FN3O3S. The van der Waals surface area contributed by atoms with Crippen molar-refractivity contribution in [3.8, 4) is 23.2 Å². The number of benzene rings is 1. The first-order valence-electron chi connectivity index (χ1n) is 9.57. The van der Waals surface area contributed by atoms with Crippen molar-refractivity contribution >= 4 is 9.84 Å². The summed E-state index contributed by atoms with van der Waals surface area (Å²) in [6.07, 6.45) is 7.47. The average molecular weight is 415 g/mol. The predicted molar refractivity (Wildman–Crippen MR) is 106 cm³/mol. The number of nitriles is 1. The van der Waals surface area contributed by atoms with E-state index < -0.39 is 15.7 Å². The molecule has 1 aromatic carbocycles. The largest absolute Gasteiger partial charge is 0.488 e. The van der Waals surface area contributed by atoms with Gasteiger partial charge in [-0.15, -0.1) is 0 Å². The molecule has 1 atom stereocenters. The van der Waals surface area contributed by atoms with Gasteiger partial charge in [-0.2, -0.15) is 5.26 Å². The van der Waals surface area contributed by atoms with Crippen LogP contribution in [0.15, 0.2) is 29.3 Å². The fourth-order valence-corrected chi connectivity index (χ4v) is 5.18. The van der Waals surface area contributed by atoms with Crippen LogP contribution in [0.2, 0.25) is 0 Å². The van der Waals surface area contributed by atoms with Crippen molar-refractivity contribution in [1.82, 2.24) is 9.88 Å². The number of fused-ring (bicyclic) bond motifs is 1. The van der Waals surface area contributed by atoms with Crippen LogP contribution in [0, 0.1) is 30.1 Å². The molecule has 3 heterocycles. The number of sulfone groups is 1. The Morgan fingerprint density at radius 1 is 1.31 bits per heavy atom. The van der Waals surface area contributed by atoms with Crippen LogP contribution in [-0.4, -0.2) is 43.8 Å². The summed E-state index contributed by atoms with van der Waals surface area (Å²) < 4.78 is 44.6. The van der Waals surface area contributed by atoms with E-state index in [4.69, 9.17) is 10.00 Å². The van der Waals surface area contributed by atoms with Gasteiger partial charge in [-0.3, -0.25) is 4.98 Å². The summed E-state index contributed by atoms with van der Waals surface area (Å²) in [6.45, 7) is 2.96. The third kappa shape index (κ3) is 3.67. The fourth-order valence-electron chi connectivity index (χ4n) is 4.22. The van der Waals surface area contributed by atoms with Gasteiger partial charge in [0.25, 0.3) is 0 Å². The van der Waals surface area contributed by atoms with Crippen LogP contribution in [0.4, 0.5) is 4.39 Å². The molecular weight excluding hydrogens is 393 g/mol. The number of likely N-dealkylation sites (tertiary alicyclic amines) is 1. The van der Waals surface area contributed by atoms with E-state index in [2.05, 4.69) is 11.2 Å². The molecule has 152 valence electrons. The predicted octanol–water partition coefficient (Wildman–Crippen LogP) is 3.10. The second-order valence-electron chi connectivity index (χ2n) is 7.78. The molecule has 1 unspecified atom stereocenters. The van der Waals surface area contributed by atoms with Gasteiger partial charge < -0.3 is 9.64 Å². The first-order chi connectivity index (χ1) is 13.8. The molecule has 0 radical (unpaired) electrons. The van der Waals surface area contributed by atoms with Crippen LogP contribution < -0.4 is 4.74 Å². The monoisotopic (exact) mass is 415 g/mol. The van der Waals surface area contributed by atoms with Gasteiger partial charge in [0.05, 0.1) is 16.8 Å². The number of aromatic nitrogens is 1. The van der Waals surface area contributed by atoms with Crippen molar-refractivity contribution in [2.45, 2.75) is 37.2 Å². The topological polar surface area (TPSA) is 83.3 Å². The van der Waals surface area contributed by atoms with Crippen LogP contribution >= 0.6 is 0 Å². The Kier molecular flexibility index (Phi) is 4.95. The molecule has 1 saturated heterocycles. The number of ether oxygens (including phenoxy) is 1. The number of piperidine rings is 1. The molecule has 2 aromatic rings. The van der Waals surface area contributed by atoms with Crippen LogP contribution in [0.1, 0.15) is 24.0 Å². The molecule has 0 saturated carbocycles. The molecule has 1 fully saturated rings. The van der Waals surface area contributed by atoms with Crippen molar-refractivity contribution in [3.05, 3.63) is 41.3 Å². The van der Waals surface area contributed by atoms with Crippen molar-refractivity contribution in [2.75, 3.05) is 19.3 Å². The third-order valence-electron chi connectivity index (χ3n) is 5.87. The zero-order valence-corrected chi connectivity index (χ0v) is 17.2. The standard InChI is InChI=1S/C21H22FN3O3S/c1-13-20(29(2,26)27)4-3-16(21(13)22)17-9-15-10-18(28-19(15)11-24-17)14-5-7-25(12-23)8-6-14/h3-4,9,11,14,18H,5-8,10H2,1-2H3. The van der Waals surface area contributed by atoms with E-state index in [0.717, 1.165) is 44.2 Å². The lowest BCUT2D eigenvalue weighted by atomic mass is 9.89. The molecule has 0 bridgehead atoms. The molecule has 2 aliphatic heterocycles. The Morgan fingerprint density at radius 2 is 2.03 bits per heavy atom. The molecule has 0 amide bonds. The summed E-state index contributed by atoms with van der Waals surface area (Å²) in [5.41, 5.74) is 1.83. The first-order valence-corrected chi connectivity index (χ1v) is 11.5. The Hall–Kier alpha value is -2.66. The zero-order chi connectivity index (χ0) is 20.8. The first kappa shape index (κ1) is 19.6. The van der Waals surface area contributed by atoms with Crippen molar-refractivity contribution in [3.63, 3.8) is 0 Å². The number of rotatable bonds is 3. The van der Waals surface area contributed by atoms with Crippen molar-refractivity contribution in [1.29, 1.82) is 5.26 Å². The lowest BCUT2D eigenvalue weighted by Crippen LogP contribution is -2.36. The summed E-state index contributed by atoms with van der Waals surface area (Å²) in [7, 11) is -3.49. The molecule has 0 N–H and O–H groups in total. The summed E-state index contributed by atoms with van der Waals surface area (Å²) in [5, 5.41) is 9.00. The average Bonchev–Trinajstić information content (AvgIpc) is 3.12. The van der Waals surface area contributed by atoms with E-state index in [0.29, 0.717) is 17.4 Å². The lowest BCUT2D eigenvalue weighted by molar-refractivity contribution is 0.110. The highest BCUT2D eigenvalue weighted by molar-refractivity contribution is 7.90. The zero-order valence-electron chi connectivity index (χ0n) is 16.4. The molecule has 2 aliphatic rings. The van der Waals surface area contributed by atoms with Gasteiger partial charge >= 0.3 is 0 Å². The number of hydrogen-bond acceptors (Lipinski definition) is 6. The fraction of sp³-hybridized carbons (Fsp3) is 0.429. The number of halogens is 1. The number of hydrogen-bond donors (Lipinski definition) is 0. The molecule has 6 nitrogen and oxygen atoms in total. The minimum Gasteiger partial charge on any atom is -0.488 e. The van der Waals surface area contributed by atoms with Gasteiger partial charge in [0.1, 0.15) is 17.7 Å². The van der Waals surface area contributed by atoms with Crippen LogP contribution in [-0.2, 0) is 16.3 Å². The van der Waals surface area contributed by atoms with E-state index in [9.17, 15) is 12.8 Å². The van der Waals surface area contributed by atoms with Gasteiger partial charge in [0.15, 0.2) is 16.0 Å². The molecule has 0 spiro atoms. The van der Waals surface area contributed by atoms with Crippen LogP contribution in [0.3, 0.4) is 0 Å². The summed E-state index contributed by atoms with van der Waals surface area (Å²) in [5.74, 6) is 0.523. The third-order valence-corrected chi connectivity index (χ3v) is 7.11. The molecule has 0 aliphatic carbocycles. The summed E-state index contributed by atoms with van der Waals surface area (Å²) in [6, 6.07) is 4.73. The number of pyridine rings is 1. The highest BCUT2D eigenvalue weighted by Crippen LogP contribution is 2.37. The highest BCUT2D eigenvalue weighted by atomic mass is 32.2. The maximum atomic E-state index is 14.9. The summed E-state index contributed by atoms with van der Waals surface area (Å²) >= 11 is 0. The molecule has 4 rings (SSSR count). The second kappa shape index (κ2) is 7.30. The minimum absolute atomic E-state index is 0.00739. The molecule has 8 heteroatoms. The lowest BCUT2D eigenvalue weighted by Gasteiger charge is -2.31. The Morgan fingerprint density at radius 3 is 2.69 bits per heavy atom. The van der Waals surface area contributed by atoms with Crippen LogP contribution in [0.25, 0.3) is 11.3 Å². The van der Waals surface area contributed by atoms with Gasteiger partial charge in [0, 0.05) is 42.5 Å². The Balaban J connectivity index is 1.57. The maximum absolute atomic E-state index is 14.9. The summed E-state index contributed by atoms with van der Waals surface area (Å²) in [4.78, 5) is 6.11. The Labute approximate surface area is 169 Å². The second-order valence-corrected chi connectivity index (χ2v) is 9.77. The molecule has 29 heavy (non-hydrogen) atoms. The maximum Gasteiger partial charge on any atom is 0.179 e. The normalized spacial score (nSPS) is 19.5. The van der Waals surface area contributed by atoms with Gasteiger partial charge in [-0.1, -0.05) is 0 Å². The van der Waals surface area contributed by atoms with E-state index in [1.807, 2.05) is 6.07 Å².